The van der Waals surface area contributed by atoms with Gasteiger partial charge in [-0.3, -0.25) is 9.89 Å². The van der Waals surface area contributed by atoms with Gasteiger partial charge in [0.1, 0.15) is 0 Å². The fourth-order valence-corrected chi connectivity index (χ4v) is 5.27. The van der Waals surface area contributed by atoms with Crippen LogP contribution < -0.4 is 10.6 Å². The summed E-state index contributed by atoms with van der Waals surface area (Å²) in [6, 6.07) is 12.7. The number of benzene rings is 1. The molecular formula is C23H36N4O2. The second-order valence-electron chi connectivity index (χ2n) is 8.78. The van der Waals surface area contributed by atoms with Crippen LogP contribution in [0.1, 0.15) is 44.1 Å². The average molecular weight is 401 g/mol. The van der Waals surface area contributed by atoms with Crippen LogP contribution in [0.3, 0.4) is 0 Å². The molecule has 160 valence electrons. The SMILES string of the molecule is CN=C(NCC1(OC)CCOCC1)NC1CC2CCC(C1)N2Cc1ccccc1. The lowest BCUT2D eigenvalue weighted by Gasteiger charge is -2.40. The summed E-state index contributed by atoms with van der Waals surface area (Å²) in [5.74, 6) is 0.897. The molecule has 0 spiro atoms. The molecule has 29 heavy (non-hydrogen) atoms. The number of hydrogen-bond acceptors (Lipinski definition) is 4. The molecule has 2 N–H and O–H groups in total. The van der Waals surface area contributed by atoms with Crippen molar-refractivity contribution in [2.75, 3.05) is 33.9 Å². The Labute approximate surface area is 175 Å². The Balaban J connectivity index is 1.30. The van der Waals surface area contributed by atoms with Gasteiger partial charge < -0.3 is 20.1 Å². The molecule has 2 unspecified atom stereocenters. The smallest absolute Gasteiger partial charge is 0.191 e. The minimum atomic E-state index is -0.145. The maximum Gasteiger partial charge on any atom is 0.191 e. The number of fused-ring (bicyclic) bond motifs is 2. The van der Waals surface area contributed by atoms with Gasteiger partial charge in [-0.1, -0.05) is 30.3 Å². The molecule has 3 fully saturated rings. The highest BCUT2D eigenvalue weighted by molar-refractivity contribution is 5.80. The number of piperidine rings is 1. The van der Waals surface area contributed by atoms with Gasteiger partial charge in [-0.05, 0) is 31.2 Å². The standard InChI is InChI=1S/C23H36N4O2/c1-24-22(25-17-23(28-2)10-12-29-13-11-23)26-19-14-20-8-9-21(15-19)27(20)16-18-6-4-3-5-7-18/h3-7,19-21H,8-17H2,1-2H3,(H2,24,25,26). The van der Waals surface area contributed by atoms with Gasteiger partial charge in [-0.2, -0.15) is 0 Å². The van der Waals surface area contributed by atoms with Gasteiger partial charge >= 0.3 is 0 Å². The average Bonchev–Trinajstić information content (AvgIpc) is 3.00. The number of hydrogen-bond donors (Lipinski definition) is 2. The summed E-state index contributed by atoms with van der Waals surface area (Å²) in [5.41, 5.74) is 1.28. The first-order valence-electron chi connectivity index (χ1n) is 11.1. The van der Waals surface area contributed by atoms with Crippen molar-refractivity contribution in [1.29, 1.82) is 0 Å². The van der Waals surface area contributed by atoms with Gasteiger partial charge in [0.15, 0.2) is 5.96 Å². The number of methoxy groups -OCH3 is 1. The summed E-state index contributed by atoms with van der Waals surface area (Å²) >= 11 is 0. The maximum atomic E-state index is 5.85. The van der Waals surface area contributed by atoms with E-state index in [1.165, 1.54) is 31.2 Å². The molecule has 2 bridgehead atoms. The summed E-state index contributed by atoms with van der Waals surface area (Å²) in [4.78, 5) is 7.21. The molecule has 3 saturated heterocycles. The van der Waals surface area contributed by atoms with E-state index in [0.29, 0.717) is 18.1 Å². The fourth-order valence-electron chi connectivity index (χ4n) is 5.27. The van der Waals surface area contributed by atoms with Crippen LogP contribution in [0.4, 0.5) is 0 Å². The molecular weight excluding hydrogens is 364 g/mol. The van der Waals surface area contributed by atoms with Crippen molar-refractivity contribution in [2.24, 2.45) is 4.99 Å². The predicted molar refractivity (Wildman–Crippen MR) is 116 cm³/mol. The van der Waals surface area contributed by atoms with Crippen molar-refractivity contribution in [2.45, 2.75) is 68.8 Å². The van der Waals surface area contributed by atoms with Crippen LogP contribution in [0.15, 0.2) is 35.3 Å². The van der Waals surface area contributed by atoms with Crippen LogP contribution in [0.2, 0.25) is 0 Å². The fraction of sp³-hybridized carbons (Fsp3) is 0.696. The van der Waals surface area contributed by atoms with Crippen molar-refractivity contribution < 1.29 is 9.47 Å². The number of guanidine groups is 1. The lowest BCUT2D eigenvalue weighted by atomic mass is 9.94. The van der Waals surface area contributed by atoms with Crippen LogP contribution in [0.5, 0.6) is 0 Å². The minimum absolute atomic E-state index is 0.145. The highest BCUT2D eigenvalue weighted by Crippen LogP contribution is 2.36. The molecule has 3 aliphatic rings. The third-order valence-corrected chi connectivity index (χ3v) is 7.07. The molecule has 1 aromatic carbocycles. The number of rotatable bonds is 6. The van der Waals surface area contributed by atoms with Crippen molar-refractivity contribution >= 4 is 5.96 Å². The largest absolute Gasteiger partial charge is 0.381 e. The summed E-state index contributed by atoms with van der Waals surface area (Å²) in [6.07, 6.45) is 6.86. The van der Waals surface area contributed by atoms with Gasteiger partial charge in [0.05, 0.1) is 5.60 Å². The molecule has 1 aromatic rings. The molecule has 6 heteroatoms. The molecule has 6 nitrogen and oxygen atoms in total. The lowest BCUT2D eigenvalue weighted by Crippen LogP contribution is -2.55. The van der Waals surface area contributed by atoms with Crippen molar-refractivity contribution in [3.63, 3.8) is 0 Å². The zero-order valence-electron chi connectivity index (χ0n) is 17.9. The van der Waals surface area contributed by atoms with E-state index in [4.69, 9.17) is 9.47 Å². The number of ether oxygens (including phenoxy) is 2. The van der Waals surface area contributed by atoms with Crippen molar-refractivity contribution in [1.82, 2.24) is 15.5 Å². The van der Waals surface area contributed by atoms with E-state index in [1.807, 2.05) is 14.2 Å². The van der Waals surface area contributed by atoms with Gasteiger partial charge in [0.2, 0.25) is 0 Å². The van der Waals surface area contributed by atoms with Gasteiger partial charge in [-0.25, -0.2) is 0 Å². The summed E-state index contributed by atoms with van der Waals surface area (Å²) in [7, 11) is 3.67. The zero-order chi connectivity index (χ0) is 20.1. The van der Waals surface area contributed by atoms with Crippen LogP contribution in [-0.4, -0.2) is 68.5 Å². The topological polar surface area (TPSA) is 58.1 Å². The number of nitrogens with zero attached hydrogens (tertiary/aromatic N) is 2. The Kier molecular flexibility index (Phi) is 6.73. The Morgan fingerprint density at radius 1 is 1.17 bits per heavy atom. The minimum Gasteiger partial charge on any atom is -0.381 e. The van der Waals surface area contributed by atoms with E-state index >= 15 is 0 Å². The van der Waals surface area contributed by atoms with Gasteiger partial charge in [0.25, 0.3) is 0 Å². The van der Waals surface area contributed by atoms with Crippen LogP contribution in [-0.2, 0) is 16.0 Å². The molecule has 2 atom stereocenters. The quantitative estimate of drug-likeness (QED) is 0.568. The van der Waals surface area contributed by atoms with Crippen LogP contribution >= 0.6 is 0 Å². The third-order valence-electron chi connectivity index (χ3n) is 7.07. The summed E-state index contributed by atoms with van der Waals surface area (Å²) < 4.78 is 11.4. The molecule has 3 aliphatic heterocycles. The van der Waals surface area contributed by atoms with Gasteiger partial charge in [0, 0.05) is 71.4 Å². The highest BCUT2D eigenvalue weighted by atomic mass is 16.5. The second-order valence-corrected chi connectivity index (χ2v) is 8.78. The molecule has 0 aromatic heterocycles. The predicted octanol–water partition coefficient (Wildman–Crippen LogP) is 2.54. The van der Waals surface area contributed by atoms with E-state index in [-0.39, 0.29) is 5.60 Å². The van der Waals surface area contributed by atoms with E-state index in [0.717, 1.165) is 45.1 Å². The van der Waals surface area contributed by atoms with E-state index in [2.05, 4.69) is 50.9 Å². The van der Waals surface area contributed by atoms with E-state index in [1.54, 1.807) is 0 Å². The molecule has 0 aliphatic carbocycles. The van der Waals surface area contributed by atoms with Crippen molar-refractivity contribution in [3.05, 3.63) is 35.9 Å². The first-order chi connectivity index (χ1) is 14.2. The Morgan fingerprint density at radius 3 is 2.48 bits per heavy atom. The van der Waals surface area contributed by atoms with Crippen LogP contribution in [0.25, 0.3) is 0 Å². The monoisotopic (exact) mass is 400 g/mol. The second kappa shape index (κ2) is 9.45. The third kappa shape index (κ3) is 4.93. The first kappa shape index (κ1) is 20.6. The Bertz CT molecular complexity index is 661. The van der Waals surface area contributed by atoms with Gasteiger partial charge in [-0.15, -0.1) is 0 Å². The Morgan fingerprint density at radius 2 is 1.86 bits per heavy atom. The highest BCUT2D eigenvalue weighted by Gasteiger charge is 2.41. The normalized spacial score (nSPS) is 29.6. The number of aliphatic imine (C=N–C) groups is 1. The molecule has 3 heterocycles. The molecule has 0 saturated carbocycles. The lowest BCUT2D eigenvalue weighted by molar-refractivity contribution is -0.0856. The number of nitrogens with one attached hydrogen (secondary N) is 2. The van der Waals surface area contributed by atoms with Crippen LogP contribution in [0, 0.1) is 0 Å². The molecule has 0 radical (unpaired) electrons. The molecule has 0 amide bonds. The summed E-state index contributed by atoms with van der Waals surface area (Å²) in [5, 5.41) is 7.22. The molecule has 4 rings (SSSR count). The van der Waals surface area contributed by atoms with Crippen molar-refractivity contribution in [3.8, 4) is 0 Å². The zero-order valence-corrected chi connectivity index (χ0v) is 17.9. The maximum absolute atomic E-state index is 5.85. The summed E-state index contributed by atoms with van der Waals surface area (Å²) in [6.45, 7) is 3.39. The Hall–Kier alpha value is -1.63. The van der Waals surface area contributed by atoms with E-state index < -0.39 is 0 Å². The first-order valence-corrected chi connectivity index (χ1v) is 11.1. The van der Waals surface area contributed by atoms with E-state index in [9.17, 15) is 0 Å².